The summed E-state index contributed by atoms with van der Waals surface area (Å²) in [6.07, 6.45) is -2.32. The van der Waals surface area contributed by atoms with E-state index in [0.29, 0.717) is 4.47 Å². The first-order chi connectivity index (χ1) is 11.4. The van der Waals surface area contributed by atoms with Crippen LogP contribution in [0.5, 0.6) is 0 Å². The lowest BCUT2D eigenvalue weighted by Crippen LogP contribution is -2.50. The molecule has 0 aliphatic carbocycles. The number of rotatable bonds is 7. The monoisotopic (exact) mass is 442 g/mol. The average molecular weight is 443 g/mol. The fourth-order valence-corrected chi connectivity index (χ4v) is 2.64. The molecule has 25 heavy (non-hydrogen) atoms. The van der Waals surface area contributed by atoms with Gasteiger partial charge in [0.1, 0.15) is 5.82 Å². The number of hydrogen-bond acceptors (Lipinski definition) is 5. The Hall–Kier alpha value is -1.10. The van der Waals surface area contributed by atoms with Gasteiger partial charge in [0, 0.05) is 10.0 Å². The standard InChI is InChI=1S/C15H21BrF2N2O4S/c1-5-24-14(21)12(18)13(10-7-6-9(16)8-11(10)17)19-20-25(22,23)15(2,3)4/h6-8,12-13,19-20H,5H2,1-4H3/t12-,13+/m1/s1. The van der Waals surface area contributed by atoms with Crippen LogP contribution in [0.3, 0.4) is 0 Å². The molecule has 0 fully saturated rings. The van der Waals surface area contributed by atoms with Gasteiger partial charge in [-0.1, -0.05) is 22.0 Å². The van der Waals surface area contributed by atoms with Crippen molar-refractivity contribution in [2.45, 2.75) is 44.7 Å². The van der Waals surface area contributed by atoms with Crippen LogP contribution in [0.25, 0.3) is 0 Å². The van der Waals surface area contributed by atoms with Gasteiger partial charge in [-0.3, -0.25) is 0 Å². The number of sulfonamides is 1. The zero-order chi connectivity index (χ0) is 19.4. The van der Waals surface area contributed by atoms with Crippen LogP contribution in [0.15, 0.2) is 22.7 Å². The zero-order valence-corrected chi connectivity index (χ0v) is 16.7. The third-order valence-corrected chi connectivity index (χ3v) is 5.75. The number of carbonyl (C=O) groups excluding carboxylic acids is 1. The smallest absolute Gasteiger partial charge is 0.342 e. The van der Waals surface area contributed by atoms with Crippen molar-refractivity contribution in [2.75, 3.05) is 6.61 Å². The molecule has 6 nitrogen and oxygen atoms in total. The quantitative estimate of drug-likeness (QED) is 0.500. The van der Waals surface area contributed by atoms with E-state index >= 15 is 0 Å². The van der Waals surface area contributed by atoms with E-state index in [1.165, 1.54) is 39.8 Å². The summed E-state index contributed by atoms with van der Waals surface area (Å²) in [6.45, 7) is 5.73. The minimum atomic E-state index is -3.90. The Morgan fingerprint density at radius 3 is 2.44 bits per heavy atom. The van der Waals surface area contributed by atoms with Crippen LogP contribution >= 0.6 is 15.9 Å². The van der Waals surface area contributed by atoms with E-state index in [1.54, 1.807) is 0 Å². The molecule has 1 aromatic rings. The van der Waals surface area contributed by atoms with Crippen molar-refractivity contribution in [1.82, 2.24) is 10.3 Å². The molecular weight excluding hydrogens is 422 g/mol. The van der Waals surface area contributed by atoms with Gasteiger partial charge < -0.3 is 4.74 Å². The molecule has 2 atom stereocenters. The summed E-state index contributed by atoms with van der Waals surface area (Å²) in [7, 11) is -3.90. The Balaban J connectivity index is 3.18. The summed E-state index contributed by atoms with van der Waals surface area (Å²) in [5, 5.41) is 0. The Bertz CT molecular complexity index is 723. The molecule has 1 rings (SSSR count). The van der Waals surface area contributed by atoms with Gasteiger partial charge in [-0.2, -0.15) is 4.83 Å². The first-order valence-electron chi connectivity index (χ1n) is 7.43. The van der Waals surface area contributed by atoms with Gasteiger partial charge in [-0.25, -0.2) is 27.4 Å². The van der Waals surface area contributed by atoms with Gasteiger partial charge in [-0.05, 0) is 39.8 Å². The molecule has 0 radical (unpaired) electrons. The number of alkyl halides is 1. The van der Waals surface area contributed by atoms with Crippen LogP contribution in [-0.2, 0) is 19.6 Å². The molecule has 0 saturated carbocycles. The predicted octanol–water partition coefficient (Wildman–Crippen LogP) is 2.75. The third-order valence-electron chi connectivity index (χ3n) is 3.26. The summed E-state index contributed by atoms with van der Waals surface area (Å²) < 4.78 is 56.8. The Morgan fingerprint density at radius 2 is 1.96 bits per heavy atom. The van der Waals surface area contributed by atoms with Crippen molar-refractivity contribution >= 4 is 31.9 Å². The highest BCUT2D eigenvalue weighted by molar-refractivity contribution is 9.10. The molecule has 0 aromatic heterocycles. The summed E-state index contributed by atoms with van der Waals surface area (Å²) in [6, 6.07) is 2.17. The minimum Gasteiger partial charge on any atom is -0.464 e. The van der Waals surface area contributed by atoms with Gasteiger partial charge in [0.25, 0.3) is 0 Å². The van der Waals surface area contributed by atoms with Crippen LogP contribution < -0.4 is 10.3 Å². The highest BCUT2D eigenvalue weighted by Crippen LogP contribution is 2.26. The molecule has 0 amide bonds. The fraction of sp³-hybridized carbons (Fsp3) is 0.533. The highest BCUT2D eigenvalue weighted by atomic mass is 79.9. The van der Waals surface area contributed by atoms with Gasteiger partial charge in [0.2, 0.25) is 16.2 Å². The largest absolute Gasteiger partial charge is 0.464 e. The van der Waals surface area contributed by atoms with Gasteiger partial charge in [-0.15, -0.1) is 0 Å². The van der Waals surface area contributed by atoms with Crippen LogP contribution in [0.1, 0.15) is 39.3 Å². The second-order valence-corrected chi connectivity index (χ2v) is 9.51. The third kappa shape index (κ3) is 5.70. The maximum atomic E-state index is 14.5. The molecule has 1 aromatic carbocycles. The van der Waals surface area contributed by atoms with Crippen LogP contribution in [0, 0.1) is 5.82 Å². The van der Waals surface area contributed by atoms with E-state index in [9.17, 15) is 22.0 Å². The Labute approximate surface area is 154 Å². The highest BCUT2D eigenvalue weighted by Gasteiger charge is 2.35. The predicted molar refractivity (Wildman–Crippen MR) is 93.3 cm³/mol. The topological polar surface area (TPSA) is 84.5 Å². The normalized spacial score (nSPS) is 14.8. The average Bonchev–Trinajstić information content (AvgIpc) is 2.47. The number of hydrogen-bond donors (Lipinski definition) is 2. The molecular formula is C15H21BrF2N2O4S. The van der Waals surface area contributed by atoms with Crippen molar-refractivity contribution in [3.63, 3.8) is 0 Å². The summed E-state index contributed by atoms with van der Waals surface area (Å²) in [5.41, 5.74) is 1.99. The molecule has 142 valence electrons. The fourth-order valence-electron chi connectivity index (χ4n) is 1.71. The van der Waals surface area contributed by atoms with E-state index in [-0.39, 0.29) is 12.2 Å². The maximum absolute atomic E-state index is 14.5. The molecule has 0 heterocycles. The van der Waals surface area contributed by atoms with Crippen molar-refractivity contribution < 1.29 is 26.7 Å². The number of carbonyl (C=O) groups is 1. The zero-order valence-electron chi connectivity index (χ0n) is 14.3. The first-order valence-corrected chi connectivity index (χ1v) is 9.71. The van der Waals surface area contributed by atoms with Crippen molar-refractivity contribution in [3.05, 3.63) is 34.1 Å². The molecule has 0 bridgehead atoms. The van der Waals surface area contributed by atoms with Crippen LogP contribution in [0.4, 0.5) is 8.78 Å². The van der Waals surface area contributed by atoms with E-state index < -0.39 is 38.8 Å². The Kier molecular flexibility index (Phi) is 7.48. The lowest BCUT2D eigenvalue weighted by atomic mass is 10.0. The second-order valence-electron chi connectivity index (χ2n) is 6.16. The second kappa shape index (κ2) is 8.52. The lowest BCUT2D eigenvalue weighted by Gasteiger charge is -2.26. The van der Waals surface area contributed by atoms with E-state index in [2.05, 4.69) is 26.1 Å². The maximum Gasteiger partial charge on any atom is 0.342 e. The number of halogens is 3. The number of benzene rings is 1. The van der Waals surface area contributed by atoms with Gasteiger partial charge in [0.05, 0.1) is 17.4 Å². The molecule has 0 spiro atoms. The van der Waals surface area contributed by atoms with Gasteiger partial charge in [0.15, 0.2) is 0 Å². The molecule has 2 N–H and O–H groups in total. The van der Waals surface area contributed by atoms with Gasteiger partial charge >= 0.3 is 5.97 Å². The van der Waals surface area contributed by atoms with Crippen molar-refractivity contribution in [3.8, 4) is 0 Å². The number of esters is 1. The van der Waals surface area contributed by atoms with Crippen molar-refractivity contribution in [2.24, 2.45) is 0 Å². The van der Waals surface area contributed by atoms with E-state index in [4.69, 9.17) is 0 Å². The molecule has 0 aliphatic rings. The lowest BCUT2D eigenvalue weighted by molar-refractivity contribution is -0.150. The summed E-state index contributed by atoms with van der Waals surface area (Å²) in [5.74, 6) is -2.04. The number of hydrazine groups is 1. The number of nitrogens with one attached hydrogen (secondary N) is 2. The summed E-state index contributed by atoms with van der Waals surface area (Å²) in [4.78, 5) is 13.7. The number of ether oxygens (including phenoxy) is 1. The molecule has 10 heteroatoms. The Morgan fingerprint density at radius 1 is 1.36 bits per heavy atom. The first kappa shape index (κ1) is 21.9. The SMILES string of the molecule is CCOC(=O)[C@H](F)[C@@H](NNS(=O)(=O)C(C)(C)C)c1ccc(Br)cc1F. The van der Waals surface area contributed by atoms with E-state index in [1.807, 2.05) is 4.83 Å². The molecule has 0 saturated heterocycles. The van der Waals surface area contributed by atoms with Crippen molar-refractivity contribution in [1.29, 1.82) is 0 Å². The van der Waals surface area contributed by atoms with Crippen LogP contribution in [0.2, 0.25) is 0 Å². The van der Waals surface area contributed by atoms with Crippen LogP contribution in [-0.4, -0.2) is 31.9 Å². The summed E-state index contributed by atoms with van der Waals surface area (Å²) >= 11 is 3.08. The van der Waals surface area contributed by atoms with E-state index in [0.717, 1.165) is 6.07 Å². The molecule has 0 unspecified atom stereocenters. The minimum absolute atomic E-state index is 0.0670. The molecule has 0 aliphatic heterocycles.